The predicted octanol–water partition coefficient (Wildman–Crippen LogP) is 3.86. The molecule has 1 saturated heterocycles. The van der Waals surface area contributed by atoms with Gasteiger partial charge in [0.15, 0.2) is 11.5 Å². The summed E-state index contributed by atoms with van der Waals surface area (Å²) in [6, 6.07) is 9.92. The number of carbonyl (C=O) groups excluding carboxylic acids is 2. The van der Waals surface area contributed by atoms with Crippen molar-refractivity contribution in [1.82, 2.24) is 4.90 Å². The van der Waals surface area contributed by atoms with Crippen LogP contribution in [-0.4, -0.2) is 48.6 Å². The number of hydrogen-bond donors (Lipinski definition) is 1. The van der Waals surface area contributed by atoms with Gasteiger partial charge in [-0.05, 0) is 54.8 Å². The van der Waals surface area contributed by atoms with Gasteiger partial charge in [0.05, 0.1) is 31.9 Å². The first-order valence-electron chi connectivity index (χ1n) is 10.8. The zero-order valence-corrected chi connectivity index (χ0v) is 18.5. The van der Waals surface area contributed by atoms with Crippen LogP contribution in [0.1, 0.15) is 43.0 Å². The van der Waals surface area contributed by atoms with E-state index < -0.39 is 17.7 Å². The number of amides is 1. The third kappa shape index (κ3) is 3.68. The van der Waals surface area contributed by atoms with E-state index in [0.717, 1.165) is 17.7 Å². The molecule has 1 N–H and O–H groups in total. The van der Waals surface area contributed by atoms with Gasteiger partial charge in [0.1, 0.15) is 11.5 Å². The third-order valence-electron chi connectivity index (χ3n) is 5.77. The molecule has 0 saturated carbocycles. The summed E-state index contributed by atoms with van der Waals surface area (Å²) in [4.78, 5) is 27.5. The van der Waals surface area contributed by atoms with Crippen LogP contribution in [0.2, 0.25) is 0 Å². The van der Waals surface area contributed by atoms with Gasteiger partial charge in [0, 0.05) is 18.5 Å². The molecular formula is C25H27NO6. The quantitative estimate of drug-likeness (QED) is 0.402. The number of rotatable bonds is 7. The van der Waals surface area contributed by atoms with Gasteiger partial charge in [-0.3, -0.25) is 9.59 Å². The van der Waals surface area contributed by atoms with Crippen LogP contribution in [0.25, 0.3) is 5.76 Å². The molecule has 1 fully saturated rings. The lowest BCUT2D eigenvalue weighted by Gasteiger charge is -2.25. The minimum absolute atomic E-state index is 0.0786. The van der Waals surface area contributed by atoms with Crippen LogP contribution in [0, 0.1) is 0 Å². The average molecular weight is 437 g/mol. The number of Topliss-reactive ketones (excluding diaryl/α,β-unsaturated/α-hetero) is 1. The van der Waals surface area contributed by atoms with Gasteiger partial charge in [-0.1, -0.05) is 13.0 Å². The first-order valence-corrected chi connectivity index (χ1v) is 10.8. The van der Waals surface area contributed by atoms with E-state index in [1.165, 1.54) is 4.90 Å². The molecule has 1 unspecified atom stereocenters. The lowest BCUT2D eigenvalue weighted by atomic mass is 9.94. The van der Waals surface area contributed by atoms with Gasteiger partial charge < -0.3 is 24.2 Å². The van der Waals surface area contributed by atoms with Crippen molar-refractivity contribution in [2.45, 2.75) is 32.7 Å². The van der Waals surface area contributed by atoms with Gasteiger partial charge in [-0.25, -0.2) is 0 Å². The first kappa shape index (κ1) is 21.7. The molecule has 2 aromatic rings. The summed E-state index contributed by atoms with van der Waals surface area (Å²) in [7, 11) is 1.55. The number of methoxy groups -OCH3 is 1. The third-order valence-corrected chi connectivity index (χ3v) is 5.77. The highest BCUT2D eigenvalue weighted by Gasteiger charge is 2.46. The molecule has 0 aromatic heterocycles. The molecule has 2 aliphatic heterocycles. The molecule has 0 bridgehead atoms. The summed E-state index contributed by atoms with van der Waals surface area (Å²) in [5, 5.41) is 11.2. The van der Waals surface area contributed by atoms with Crippen molar-refractivity contribution in [2.75, 3.05) is 26.9 Å². The van der Waals surface area contributed by atoms with Crippen molar-refractivity contribution in [3.8, 4) is 17.2 Å². The van der Waals surface area contributed by atoms with Crippen LogP contribution in [0.15, 0.2) is 42.0 Å². The molecule has 32 heavy (non-hydrogen) atoms. The molecule has 2 aromatic carbocycles. The lowest BCUT2D eigenvalue weighted by molar-refractivity contribution is -0.139. The summed E-state index contributed by atoms with van der Waals surface area (Å²) in [6.45, 7) is 5.22. The number of fused-ring (bicyclic) bond motifs is 1. The summed E-state index contributed by atoms with van der Waals surface area (Å²) in [5.41, 5.74) is 2.21. The molecule has 0 aliphatic carbocycles. The maximum atomic E-state index is 13.1. The number of aliphatic hydroxyl groups excluding tert-OH is 1. The van der Waals surface area contributed by atoms with Gasteiger partial charge >= 0.3 is 0 Å². The number of hydrogen-bond acceptors (Lipinski definition) is 6. The van der Waals surface area contributed by atoms with Crippen LogP contribution in [0.5, 0.6) is 17.2 Å². The lowest BCUT2D eigenvalue weighted by Crippen LogP contribution is -2.30. The summed E-state index contributed by atoms with van der Waals surface area (Å²) < 4.78 is 16.6. The second-order valence-corrected chi connectivity index (χ2v) is 7.76. The van der Waals surface area contributed by atoms with Crippen LogP contribution in [0.4, 0.5) is 0 Å². The molecule has 1 amide bonds. The molecule has 1 atom stereocenters. The van der Waals surface area contributed by atoms with Crippen molar-refractivity contribution < 1.29 is 28.9 Å². The fraction of sp³-hybridized carbons (Fsp3) is 0.360. The second-order valence-electron chi connectivity index (χ2n) is 7.76. The Bertz CT molecular complexity index is 1090. The highest BCUT2D eigenvalue weighted by atomic mass is 16.5. The number of aliphatic hydroxyl groups is 1. The predicted molar refractivity (Wildman–Crippen MR) is 119 cm³/mol. The smallest absolute Gasteiger partial charge is 0.295 e. The van der Waals surface area contributed by atoms with E-state index >= 15 is 0 Å². The standard InChI is InChI=1S/C25H27NO6/c1-4-11-26-22(16-6-9-19(30-3)20(14-16)31-5-2)21(24(28)25(26)29)23(27)17-7-8-18-15(13-17)10-12-32-18/h6-9,13-14,22,27H,4-5,10-12H2,1-3H3/b23-21+. The Morgan fingerprint density at radius 3 is 2.69 bits per heavy atom. The number of nitrogens with zero attached hydrogens (tertiary/aromatic N) is 1. The van der Waals surface area contributed by atoms with E-state index in [9.17, 15) is 14.7 Å². The molecular weight excluding hydrogens is 410 g/mol. The Kier molecular flexibility index (Phi) is 6.08. The van der Waals surface area contributed by atoms with Crippen molar-refractivity contribution in [3.63, 3.8) is 0 Å². The fourth-order valence-electron chi connectivity index (χ4n) is 4.32. The molecule has 7 heteroatoms. The van der Waals surface area contributed by atoms with E-state index in [0.29, 0.717) is 48.8 Å². The van der Waals surface area contributed by atoms with Crippen molar-refractivity contribution >= 4 is 17.4 Å². The number of ether oxygens (including phenoxy) is 3. The summed E-state index contributed by atoms with van der Waals surface area (Å²) in [5.74, 6) is 0.366. The van der Waals surface area contributed by atoms with E-state index in [-0.39, 0.29) is 11.3 Å². The monoisotopic (exact) mass is 437 g/mol. The Labute approximate surface area is 187 Å². The van der Waals surface area contributed by atoms with Crippen molar-refractivity contribution in [3.05, 3.63) is 58.7 Å². The summed E-state index contributed by atoms with van der Waals surface area (Å²) >= 11 is 0. The molecule has 4 rings (SSSR count). The number of ketones is 1. The van der Waals surface area contributed by atoms with Gasteiger partial charge in [-0.15, -0.1) is 0 Å². The van der Waals surface area contributed by atoms with E-state index in [1.807, 2.05) is 19.9 Å². The summed E-state index contributed by atoms with van der Waals surface area (Å²) in [6.07, 6.45) is 1.41. The zero-order chi connectivity index (χ0) is 22.8. The molecule has 7 nitrogen and oxygen atoms in total. The Hall–Kier alpha value is -3.48. The van der Waals surface area contributed by atoms with Crippen molar-refractivity contribution in [1.29, 1.82) is 0 Å². The SMILES string of the molecule is CCCN1C(=O)C(=O)/C(=C(/O)c2ccc3c(c2)CCO3)C1c1ccc(OC)c(OCC)c1. The number of carbonyl (C=O) groups is 2. The minimum atomic E-state index is -0.718. The van der Waals surface area contributed by atoms with Crippen LogP contribution in [0.3, 0.4) is 0 Å². The van der Waals surface area contributed by atoms with Gasteiger partial charge in [-0.2, -0.15) is 0 Å². The van der Waals surface area contributed by atoms with E-state index in [1.54, 1.807) is 37.4 Å². The Morgan fingerprint density at radius 2 is 1.97 bits per heavy atom. The van der Waals surface area contributed by atoms with E-state index in [4.69, 9.17) is 14.2 Å². The molecule has 0 spiro atoms. The Morgan fingerprint density at radius 1 is 1.16 bits per heavy atom. The Balaban J connectivity index is 1.86. The van der Waals surface area contributed by atoms with E-state index in [2.05, 4.69) is 0 Å². The zero-order valence-electron chi connectivity index (χ0n) is 18.5. The second kappa shape index (κ2) is 8.94. The highest BCUT2D eigenvalue weighted by molar-refractivity contribution is 6.46. The van der Waals surface area contributed by atoms with Crippen LogP contribution >= 0.6 is 0 Å². The molecule has 2 heterocycles. The minimum Gasteiger partial charge on any atom is -0.507 e. The number of likely N-dealkylation sites (tertiary alicyclic amines) is 1. The van der Waals surface area contributed by atoms with Crippen LogP contribution < -0.4 is 14.2 Å². The maximum Gasteiger partial charge on any atom is 0.295 e. The van der Waals surface area contributed by atoms with Gasteiger partial charge in [0.2, 0.25) is 0 Å². The topological polar surface area (TPSA) is 85.3 Å². The molecule has 2 aliphatic rings. The fourth-order valence-corrected chi connectivity index (χ4v) is 4.32. The maximum absolute atomic E-state index is 13.1. The normalized spacial score (nSPS) is 19.1. The van der Waals surface area contributed by atoms with Crippen LogP contribution in [-0.2, 0) is 16.0 Å². The average Bonchev–Trinajstić information content (AvgIpc) is 3.37. The number of benzene rings is 2. The first-order chi connectivity index (χ1) is 15.5. The van der Waals surface area contributed by atoms with Crippen molar-refractivity contribution in [2.24, 2.45) is 0 Å². The highest BCUT2D eigenvalue weighted by Crippen LogP contribution is 2.42. The largest absolute Gasteiger partial charge is 0.507 e. The molecule has 0 radical (unpaired) electrons. The molecule has 168 valence electrons. The van der Waals surface area contributed by atoms with Gasteiger partial charge in [0.25, 0.3) is 11.7 Å².